The van der Waals surface area contributed by atoms with Gasteiger partial charge in [0, 0.05) is 11.4 Å². The lowest BCUT2D eigenvalue weighted by molar-refractivity contribution is -0.139. The highest BCUT2D eigenvalue weighted by atomic mass is 35.5. The number of rotatable bonds is 8. The number of anilines is 2. The van der Waals surface area contributed by atoms with Crippen molar-refractivity contribution in [2.45, 2.75) is 112 Å². The number of fused-ring (bicyclic) bond motifs is 2. The molecule has 6 aromatic carbocycles. The molecule has 8 rings (SSSR count). The van der Waals surface area contributed by atoms with Crippen LogP contribution in [0.3, 0.4) is 0 Å². The number of nitrogen functional groups attached to an aromatic ring is 2. The van der Waals surface area contributed by atoms with Crippen molar-refractivity contribution >= 4 is 92.1 Å². The summed E-state index contributed by atoms with van der Waals surface area (Å²) in [6.45, 7) is 21.4. The van der Waals surface area contributed by atoms with Crippen LogP contribution >= 0.6 is 34.8 Å². The highest BCUT2D eigenvalue weighted by molar-refractivity contribution is 6.36. The Hall–Kier alpha value is -8.49. The molecule has 10 N–H and O–H groups in total. The molecule has 0 spiro atoms. The average Bonchev–Trinajstić information content (AvgIpc) is 1.83. The Labute approximate surface area is 496 Å². The van der Waals surface area contributed by atoms with E-state index in [4.69, 9.17) is 71.7 Å². The van der Waals surface area contributed by atoms with E-state index in [1.165, 1.54) is 29.2 Å². The normalized spacial score (nSPS) is 12.0. The molecule has 83 heavy (non-hydrogen) atoms. The fraction of sp³-hybridized carbons (Fsp3) is 0.279. The van der Waals surface area contributed by atoms with Crippen LogP contribution in [0.1, 0.15) is 113 Å². The number of amides is 2. The van der Waals surface area contributed by atoms with Crippen molar-refractivity contribution in [1.82, 2.24) is 29.7 Å². The van der Waals surface area contributed by atoms with Crippen LogP contribution in [-0.2, 0) is 14.3 Å². The van der Waals surface area contributed by atoms with E-state index < -0.39 is 47.4 Å². The first-order valence-electron chi connectivity index (χ1n) is 25.8. The molecule has 0 aliphatic rings. The van der Waals surface area contributed by atoms with Gasteiger partial charge < -0.3 is 47.5 Å². The molecule has 0 aliphatic heterocycles. The van der Waals surface area contributed by atoms with Crippen molar-refractivity contribution in [1.29, 1.82) is 0 Å². The van der Waals surface area contributed by atoms with E-state index in [1.54, 1.807) is 95.5 Å². The van der Waals surface area contributed by atoms with Gasteiger partial charge in [-0.25, -0.2) is 24.4 Å². The second-order valence-electron chi connectivity index (χ2n) is 21.0. The predicted octanol–water partition coefficient (Wildman–Crippen LogP) is 12.5. The minimum Gasteiger partial charge on any atom is -0.480 e. The molecule has 8 aromatic rings. The predicted molar refractivity (Wildman–Crippen MR) is 329 cm³/mol. The number of hydrogen-bond donors (Lipinski definition) is 7. The number of aryl methyl sites for hydroxylation is 3. The van der Waals surface area contributed by atoms with Crippen LogP contribution in [0, 0.1) is 20.8 Å². The summed E-state index contributed by atoms with van der Waals surface area (Å²) < 4.78 is 13.2. The van der Waals surface area contributed by atoms with Crippen molar-refractivity contribution in [2.24, 2.45) is 5.73 Å². The number of nitrogens with two attached hydrogens (primary N) is 3. The van der Waals surface area contributed by atoms with Gasteiger partial charge >= 0.3 is 24.1 Å². The number of carboxylic acids is 2. The molecule has 2 heterocycles. The molecule has 19 nitrogen and oxygen atoms in total. The lowest BCUT2D eigenvalue weighted by atomic mass is 10.1. The maximum absolute atomic E-state index is 13.4. The maximum atomic E-state index is 13.4. The van der Waals surface area contributed by atoms with E-state index >= 15 is 0 Å². The number of carboxylic acid groups (broad SMARTS) is 2. The third-order valence-corrected chi connectivity index (χ3v) is 12.1. The van der Waals surface area contributed by atoms with Gasteiger partial charge in [0.25, 0.3) is 11.1 Å². The quantitative estimate of drug-likeness (QED) is 0.0696. The topological polar surface area (TPSA) is 299 Å². The number of aromatic carboxylic acids is 1. The fourth-order valence-electron chi connectivity index (χ4n) is 7.57. The summed E-state index contributed by atoms with van der Waals surface area (Å²) >= 11 is 18.1. The number of nitrogens with one attached hydrogen (secondary N) is 2. The number of halogens is 3. The van der Waals surface area contributed by atoms with Gasteiger partial charge in [0.2, 0.25) is 0 Å². The largest absolute Gasteiger partial charge is 0.480 e. The molecule has 22 heteroatoms. The van der Waals surface area contributed by atoms with E-state index in [1.807, 2.05) is 100 Å². The number of carbonyl (C=O) groups is 4. The second-order valence-corrected chi connectivity index (χ2v) is 22.2. The third kappa shape index (κ3) is 19.9. The molecule has 0 saturated carbocycles. The van der Waals surface area contributed by atoms with Crippen LogP contribution in [-0.4, -0.2) is 70.7 Å². The first kappa shape index (κ1) is 67.0. The molecule has 440 valence electrons. The van der Waals surface area contributed by atoms with Crippen molar-refractivity contribution < 1.29 is 38.9 Å². The van der Waals surface area contributed by atoms with Crippen molar-refractivity contribution in [2.75, 3.05) is 11.5 Å². The first-order chi connectivity index (χ1) is 38.7. The SMILES string of the molecule is CC(NC(=O)OC(C)(C)C)C(=O)O.Cc1cccc(-n2c([C@H](C)N)nc3cccc(Cl)c3c2=O)c1.Cc1cccc(-n2c([C@H](C)NC(=O)OC(C)(C)C)nc3cccc(Cl)c3c2=O)c1.Cc1cccc(N)c1.Nc1cccc(Cl)c1C(=O)O. The molecule has 0 fully saturated rings. The van der Waals surface area contributed by atoms with Crippen molar-refractivity contribution in [3.63, 3.8) is 0 Å². The Bertz CT molecular complexity index is 3710. The molecular weight excluding hydrogens is 1130 g/mol. The van der Waals surface area contributed by atoms with Gasteiger partial charge in [-0.05, 0) is 173 Å². The molecule has 0 saturated heterocycles. The summed E-state index contributed by atoms with van der Waals surface area (Å²) in [6.07, 6.45) is -1.30. The van der Waals surface area contributed by atoms with Crippen molar-refractivity contribution in [3.05, 3.63) is 197 Å². The number of carbonyl (C=O) groups excluding carboxylic acids is 2. The second kappa shape index (κ2) is 29.5. The highest BCUT2D eigenvalue weighted by Gasteiger charge is 2.25. The van der Waals surface area contributed by atoms with Gasteiger partial charge in [-0.15, -0.1) is 0 Å². The van der Waals surface area contributed by atoms with E-state index in [0.717, 1.165) is 22.5 Å². The Morgan fingerprint density at radius 1 is 0.566 bits per heavy atom. The molecule has 1 unspecified atom stereocenters. The number of benzene rings is 6. The third-order valence-electron chi connectivity index (χ3n) is 11.2. The Morgan fingerprint density at radius 2 is 0.964 bits per heavy atom. The van der Waals surface area contributed by atoms with Gasteiger partial charge in [0.05, 0.1) is 60.3 Å². The minimum absolute atomic E-state index is 0.0332. The monoisotopic (exact) mass is 1190 g/mol. The van der Waals surface area contributed by atoms with Crippen LogP contribution in [0.4, 0.5) is 21.0 Å². The molecule has 3 atom stereocenters. The molecule has 0 bridgehead atoms. The van der Waals surface area contributed by atoms with E-state index in [2.05, 4.69) is 20.6 Å². The number of nitrogens with zero attached hydrogens (tertiary/aromatic N) is 4. The van der Waals surface area contributed by atoms with Crippen LogP contribution in [0.2, 0.25) is 15.1 Å². The zero-order valence-electron chi connectivity index (χ0n) is 48.2. The smallest absolute Gasteiger partial charge is 0.408 e. The zero-order valence-corrected chi connectivity index (χ0v) is 50.4. The van der Waals surface area contributed by atoms with Crippen LogP contribution in [0.15, 0.2) is 137 Å². The number of alkyl carbamates (subject to hydrolysis) is 2. The molecule has 2 aromatic heterocycles. The van der Waals surface area contributed by atoms with Gasteiger partial charge in [0.1, 0.15) is 34.5 Å². The zero-order chi connectivity index (χ0) is 62.3. The Kier molecular flexibility index (Phi) is 23.8. The Balaban J connectivity index is 0.000000241. The summed E-state index contributed by atoms with van der Waals surface area (Å²) in [5.74, 6) is -1.29. The first-order valence-corrected chi connectivity index (χ1v) is 27.0. The molecule has 0 radical (unpaired) electrons. The summed E-state index contributed by atoms with van der Waals surface area (Å²) in [5.41, 5.74) is 21.8. The summed E-state index contributed by atoms with van der Waals surface area (Å²) in [6, 6.07) is 36.0. The lowest BCUT2D eigenvalue weighted by Gasteiger charge is -2.23. The lowest BCUT2D eigenvalue weighted by Crippen LogP contribution is -2.41. The van der Waals surface area contributed by atoms with Gasteiger partial charge in [-0.2, -0.15) is 0 Å². The van der Waals surface area contributed by atoms with E-state index in [9.17, 15) is 28.8 Å². The molecular formula is C61H70Cl3N9O10. The minimum atomic E-state index is -1.10. The Morgan fingerprint density at radius 3 is 1.34 bits per heavy atom. The van der Waals surface area contributed by atoms with Crippen molar-refractivity contribution in [3.8, 4) is 11.4 Å². The van der Waals surface area contributed by atoms with Crippen LogP contribution < -0.4 is 39.0 Å². The summed E-state index contributed by atoms with van der Waals surface area (Å²) in [5, 5.41) is 23.6. The summed E-state index contributed by atoms with van der Waals surface area (Å²) in [7, 11) is 0. The number of aliphatic carboxylic acids is 1. The number of ether oxygens (including phenoxy) is 2. The average molecular weight is 1200 g/mol. The van der Waals surface area contributed by atoms with Gasteiger partial charge in [0.15, 0.2) is 0 Å². The van der Waals surface area contributed by atoms with Crippen LogP contribution in [0.5, 0.6) is 0 Å². The van der Waals surface area contributed by atoms with E-state index in [0.29, 0.717) is 49.2 Å². The standard InChI is InChI=1S/C22H24ClN3O3.C17H16ClN3O.C8H15NO4.C7H6ClNO2.C7H9N/c1-13-8-6-9-15(12-13)26-19(14(2)24-21(28)29-22(3,4)5)25-17-11-7-10-16(23)18(17)20(26)27;1-10-5-3-6-12(9-10)21-16(11(2)19)20-14-8-4-7-13(18)15(14)17(21)22;1-5(6(10)11)9-7(12)13-8(2,3)4;8-4-2-1-3-5(9)6(4)7(10)11;1-6-3-2-4-7(8)5-6/h6-12,14H,1-5H3,(H,24,28);3-9,11H,19H2,1-2H3;5H,1-4H3,(H,9,12)(H,10,11);1-3H,9H2,(H,10,11);2-5H,8H2,1H3/t14-;11-;;;/m00.../s1. The number of aromatic nitrogens is 4. The molecule has 0 aliphatic carbocycles. The van der Waals surface area contributed by atoms with E-state index in [-0.39, 0.29) is 33.4 Å². The molecule has 2 amide bonds. The fourth-order valence-corrected chi connectivity index (χ4v) is 8.34. The maximum Gasteiger partial charge on any atom is 0.408 e. The number of hydrogen-bond acceptors (Lipinski definition) is 13. The van der Waals surface area contributed by atoms with Crippen LogP contribution in [0.25, 0.3) is 33.2 Å². The van der Waals surface area contributed by atoms with Gasteiger partial charge in [-0.1, -0.05) is 89.4 Å². The van der Waals surface area contributed by atoms with Gasteiger partial charge in [-0.3, -0.25) is 23.5 Å². The summed E-state index contributed by atoms with van der Waals surface area (Å²) in [4.78, 5) is 79.6. The highest BCUT2D eigenvalue weighted by Crippen LogP contribution is 2.26.